The highest BCUT2D eigenvalue weighted by molar-refractivity contribution is 7.90. The monoisotopic (exact) mass is 528 g/mol. The molecule has 3 N–H and O–H groups in total. The minimum absolute atomic E-state index is 0.358. The normalized spacial score (nSPS) is 16.8. The molecule has 2 aromatic carbocycles. The van der Waals surface area contributed by atoms with Crippen molar-refractivity contribution < 1.29 is 18.6 Å². The fourth-order valence-corrected chi connectivity index (χ4v) is 7.16. The van der Waals surface area contributed by atoms with E-state index in [4.69, 9.17) is 11.6 Å². The van der Waals surface area contributed by atoms with E-state index in [0.29, 0.717) is 34.7 Å². The smallest absolute Gasteiger partial charge is 0.215 e. The third-order valence-corrected chi connectivity index (χ3v) is 9.78. The van der Waals surface area contributed by atoms with Crippen molar-refractivity contribution in [1.29, 1.82) is 0 Å². The minimum Gasteiger partial charge on any atom is -0.393 e. The summed E-state index contributed by atoms with van der Waals surface area (Å²) in [4.78, 5) is 5.33. The first-order valence-electron chi connectivity index (χ1n) is 11.3. The van der Waals surface area contributed by atoms with Gasteiger partial charge in [-0.25, -0.2) is 13.1 Å². The largest absolute Gasteiger partial charge is 0.393 e. The molecule has 0 amide bonds. The zero-order valence-corrected chi connectivity index (χ0v) is 21.4. The fraction of sp³-hybridized carbons (Fsp3) is 0.269. The first-order chi connectivity index (χ1) is 16.7. The van der Waals surface area contributed by atoms with E-state index in [1.807, 2.05) is 42.5 Å². The van der Waals surface area contributed by atoms with Crippen molar-refractivity contribution in [1.82, 2.24) is 9.71 Å². The molecule has 0 saturated heterocycles. The molecule has 2 atom stereocenters. The Morgan fingerprint density at radius 1 is 1.17 bits per heavy atom. The van der Waals surface area contributed by atoms with Crippen LogP contribution in [0, 0.1) is 0 Å². The zero-order valence-electron chi connectivity index (χ0n) is 19.0. The Morgan fingerprint density at radius 3 is 2.66 bits per heavy atom. The number of halogens is 1. The number of aromatic nitrogens is 1. The van der Waals surface area contributed by atoms with Gasteiger partial charge >= 0.3 is 0 Å². The van der Waals surface area contributed by atoms with Gasteiger partial charge in [0, 0.05) is 26.4 Å². The van der Waals surface area contributed by atoms with Crippen molar-refractivity contribution in [3.05, 3.63) is 87.9 Å². The van der Waals surface area contributed by atoms with E-state index in [0.717, 1.165) is 20.5 Å². The number of pyridine rings is 1. The number of hydrogen-bond donors (Lipinski definition) is 3. The molecule has 1 fully saturated rings. The van der Waals surface area contributed by atoms with Crippen molar-refractivity contribution in [2.45, 2.75) is 36.7 Å². The van der Waals surface area contributed by atoms with E-state index in [9.17, 15) is 18.6 Å². The van der Waals surface area contributed by atoms with Crippen LogP contribution in [0.3, 0.4) is 0 Å². The summed E-state index contributed by atoms with van der Waals surface area (Å²) in [5.41, 5.74) is 1.39. The van der Waals surface area contributed by atoms with Gasteiger partial charge in [0.05, 0.1) is 23.6 Å². The van der Waals surface area contributed by atoms with Crippen molar-refractivity contribution in [3.8, 4) is 11.3 Å². The number of nitrogens with zero attached hydrogens (tertiary/aromatic N) is 1. The van der Waals surface area contributed by atoms with Gasteiger partial charge in [-0.2, -0.15) is 0 Å². The molecule has 5 rings (SSSR count). The van der Waals surface area contributed by atoms with E-state index in [2.05, 4.69) is 9.71 Å². The molecule has 0 radical (unpaired) electrons. The predicted molar refractivity (Wildman–Crippen MR) is 140 cm³/mol. The number of benzene rings is 2. The topological polar surface area (TPSA) is 99.5 Å². The van der Waals surface area contributed by atoms with Crippen LogP contribution in [-0.4, -0.2) is 35.5 Å². The SMILES string of the molecule is CC(O)(CO)c1ccnc(-c2cccc3cc(C(NS(=O)(=O)C4CC4)c4ccccc4Cl)sc23)c1. The molecule has 4 aromatic rings. The molecule has 1 saturated carbocycles. The van der Waals surface area contributed by atoms with Crippen molar-refractivity contribution in [2.75, 3.05) is 6.61 Å². The average molecular weight is 529 g/mol. The number of aliphatic hydroxyl groups excluding tert-OH is 1. The number of thiophene rings is 1. The molecule has 35 heavy (non-hydrogen) atoms. The van der Waals surface area contributed by atoms with Crippen LogP contribution in [0.15, 0.2) is 66.9 Å². The Balaban J connectivity index is 1.62. The Kier molecular flexibility index (Phi) is 6.46. The highest BCUT2D eigenvalue weighted by atomic mass is 35.5. The van der Waals surface area contributed by atoms with Gasteiger partial charge in [0.1, 0.15) is 5.60 Å². The Labute approximate surface area is 213 Å². The first-order valence-corrected chi connectivity index (χ1v) is 14.0. The van der Waals surface area contributed by atoms with Crippen LogP contribution < -0.4 is 4.72 Å². The lowest BCUT2D eigenvalue weighted by atomic mass is 9.96. The van der Waals surface area contributed by atoms with Gasteiger partial charge in [-0.15, -0.1) is 11.3 Å². The highest BCUT2D eigenvalue weighted by Crippen LogP contribution is 2.41. The van der Waals surface area contributed by atoms with Crippen LogP contribution >= 0.6 is 22.9 Å². The maximum atomic E-state index is 12.9. The second kappa shape index (κ2) is 9.28. The molecular formula is C26H25ClN2O4S2. The van der Waals surface area contributed by atoms with E-state index in [1.54, 1.807) is 31.3 Å². The Bertz CT molecular complexity index is 1500. The lowest BCUT2D eigenvalue weighted by molar-refractivity contribution is -0.00230. The number of nitrogens with one attached hydrogen (secondary N) is 1. The summed E-state index contributed by atoms with van der Waals surface area (Å²) in [6.07, 6.45) is 2.94. The third-order valence-electron chi connectivity index (χ3n) is 6.27. The number of rotatable bonds is 8. The minimum atomic E-state index is -3.49. The summed E-state index contributed by atoms with van der Waals surface area (Å²) in [6, 6.07) is 17.9. The van der Waals surface area contributed by atoms with Gasteiger partial charge in [-0.3, -0.25) is 4.98 Å². The molecule has 0 aliphatic heterocycles. The van der Waals surface area contributed by atoms with E-state index < -0.39 is 28.3 Å². The highest BCUT2D eigenvalue weighted by Gasteiger charge is 2.38. The quantitative estimate of drug-likeness (QED) is 0.299. The zero-order chi connectivity index (χ0) is 24.8. The maximum absolute atomic E-state index is 12.9. The van der Waals surface area contributed by atoms with Crippen LogP contribution in [0.2, 0.25) is 5.02 Å². The van der Waals surface area contributed by atoms with Gasteiger partial charge in [-0.1, -0.05) is 48.0 Å². The average Bonchev–Trinajstić information content (AvgIpc) is 3.63. The standard InChI is InChI=1S/C26H25ClN2O4S2/c1-26(31,15-30)17-11-12-28-22(14-17)20-7-4-5-16-13-23(34-25(16)20)24(19-6-2-3-8-21(19)27)29-35(32,33)18-9-10-18/h2-8,11-14,18,24,29-31H,9-10,15H2,1H3. The van der Waals surface area contributed by atoms with Gasteiger partial charge in [0.2, 0.25) is 10.0 Å². The van der Waals surface area contributed by atoms with E-state index >= 15 is 0 Å². The Hall–Kier alpha value is -2.33. The third kappa shape index (κ3) is 4.87. The number of aliphatic hydroxyl groups is 2. The fourth-order valence-electron chi connectivity index (χ4n) is 4.05. The van der Waals surface area contributed by atoms with Gasteiger partial charge < -0.3 is 10.2 Å². The van der Waals surface area contributed by atoms with Crippen molar-refractivity contribution in [2.24, 2.45) is 0 Å². The number of sulfonamides is 1. The molecule has 182 valence electrons. The van der Waals surface area contributed by atoms with Crippen LogP contribution in [0.1, 0.15) is 41.8 Å². The van der Waals surface area contributed by atoms with Crippen LogP contribution in [0.4, 0.5) is 0 Å². The first kappa shape index (κ1) is 24.4. The number of fused-ring (bicyclic) bond motifs is 1. The molecule has 2 aromatic heterocycles. The molecular weight excluding hydrogens is 504 g/mol. The van der Waals surface area contributed by atoms with Gasteiger partial charge in [0.15, 0.2) is 0 Å². The summed E-state index contributed by atoms with van der Waals surface area (Å²) >= 11 is 7.99. The van der Waals surface area contributed by atoms with E-state index in [1.165, 1.54) is 11.3 Å². The molecule has 0 bridgehead atoms. The second-order valence-corrected chi connectivity index (χ2v) is 12.5. The molecule has 6 nitrogen and oxygen atoms in total. The second-order valence-electron chi connectivity index (χ2n) is 9.05. The van der Waals surface area contributed by atoms with E-state index in [-0.39, 0.29) is 5.25 Å². The molecule has 9 heteroatoms. The van der Waals surface area contributed by atoms with Crippen molar-refractivity contribution in [3.63, 3.8) is 0 Å². The molecule has 2 heterocycles. The maximum Gasteiger partial charge on any atom is 0.215 e. The summed E-state index contributed by atoms with van der Waals surface area (Å²) in [7, 11) is -3.49. The van der Waals surface area contributed by atoms with Gasteiger partial charge in [0.25, 0.3) is 0 Å². The summed E-state index contributed by atoms with van der Waals surface area (Å²) in [6.45, 7) is 1.14. The molecule has 0 spiro atoms. The summed E-state index contributed by atoms with van der Waals surface area (Å²) < 4.78 is 29.7. The van der Waals surface area contributed by atoms with Crippen LogP contribution in [0.25, 0.3) is 21.3 Å². The van der Waals surface area contributed by atoms with Gasteiger partial charge in [-0.05, 0) is 60.5 Å². The number of hydrogen-bond acceptors (Lipinski definition) is 6. The lowest BCUT2D eigenvalue weighted by Crippen LogP contribution is -2.31. The molecule has 1 aliphatic rings. The molecule has 1 aliphatic carbocycles. The summed E-state index contributed by atoms with van der Waals surface area (Å²) in [5, 5.41) is 21.2. The lowest BCUT2D eigenvalue weighted by Gasteiger charge is -2.21. The van der Waals surface area contributed by atoms with Crippen LogP contribution in [0.5, 0.6) is 0 Å². The van der Waals surface area contributed by atoms with Crippen LogP contribution in [-0.2, 0) is 15.6 Å². The van der Waals surface area contributed by atoms with Crippen molar-refractivity contribution >= 4 is 43.0 Å². The molecule has 2 unspecified atom stereocenters. The Morgan fingerprint density at radius 2 is 1.94 bits per heavy atom. The predicted octanol–water partition coefficient (Wildman–Crippen LogP) is 4.99. The summed E-state index contributed by atoms with van der Waals surface area (Å²) in [5.74, 6) is 0.